The second kappa shape index (κ2) is 7.35. The predicted molar refractivity (Wildman–Crippen MR) is 103 cm³/mol. The summed E-state index contributed by atoms with van der Waals surface area (Å²) >= 11 is 0. The fraction of sp³-hybridized carbons (Fsp3) is 0.190. The van der Waals surface area contributed by atoms with Gasteiger partial charge in [0.15, 0.2) is 0 Å². The molecule has 0 bridgehead atoms. The van der Waals surface area contributed by atoms with Crippen LogP contribution in [0.15, 0.2) is 73.1 Å². The number of anilines is 1. The van der Waals surface area contributed by atoms with Crippen molar-refractivity contribution in [3.63, 3.8) is 0 Å². The molecule has 0 spiro atoms. The van der Waals surface area contributed by atoms with E-state index < -0.39 is 0 Å². The molecule has 5 heteroatoms. The topological polar surface area (TPSA) is 55.1 Å². The summed E-state index contributed by atoms with van der Waals surface area (Å²) in [5, 5.41) is 8.00. The Bertz CT molecular complexity index is 940. The quantitative estimate of drug-likeness (QED) is 0.568. The van der Waals surface area contributed by atoms with Gasteiger partial charge in [-0.1, -0.05) is 74.0 Å². The molecule has 0 unspecified atom stereocenters. The number of aryl methyl sites for hydroxylation is 1. The van der Waals surface area contributed by atoms with E-state index in [1.54, 1.807) is 10.8 Å². The molecule has 0 saturated carbocycles. The Hall–Kier alpha value is -3.21. The Labute approximate surface area is 152 Å². The maximum Gasteiger partial charge on any atom is 0.254 e. The standard InChI is InChI=1S/C21H21N5/c1-2-9-18-14-19(26-21(24-18)22-15-23-26)25-20(16-10-5-3-6-11-16)17-12-7-4-8-13-17/h3-8,10-15,20,25H,2,9H2,1H3. The lowest BCUT2D eigenvalue weighted by Crippen LogP contribution is -2.15. The Kier molecular flexibility index (Phi) is 4.60. The third-order valence-electron chi connectivity index (χ3n) is 4.37. The van der Waals surface area contributed by atoms with Crippen LogP contribution in [0.3, 0.4) is 0 Å². The van der Waals surface area contributed by atoms with E-state index in [-0.39, 0.29) is 6.04 Å². The molecule has 0 saturated heterocycles. The van der Waals surface area contributed by atoms with E-state index in [0.717, 1.165) is 24.4 Å². The molecule has 0 atom stereocenters. The van der Waals surface area contributed by atoms with Crippen LogP contribution in [0, 0.1) is 0 Å². The van der Waals surface area contributed by atoms with Gasteiger partial charge < -0.3 is 5.32 Å². The lowest BCUT2D eigenvalue weighted by molar-refractivity contribution is 0.838. The van der Waals surface area contributed by atoms with Gasteiger partial charge in [0.05, 0.1) is 6.04 Å². The van der Waals surface area contributed by atoms with Crippen LogP contribution in [-0.4, -0.2) is 19.6 Å². The summed E-state index contributed by atoms with van der Waals surface area (Å²) in [6.07, 6.45) is 3.50. The molecule has 0 fully saturated rings. The van der Waals surface area contributed by atoms with Crippen molar-refractivity contribution in [2.45, 2.75) is 25.8 Å². The summed E-state index contributed by atoms with van der Waals surface area (Å²) in [6, 6.07) is 23.0. The molecule has 0 aliphatic rings. The van der Waals surface area contributed by atoms with Crippen molar-refractivity contribution in [1.29, 1.82) is 0 Å². The Morgan fingerprint density at radius 3 is 2.23 bits per heavy atom. The number of aromatic nitrogens is 4. The Morgan fingerprint density at radius 1 is 0.962 bits per heavy atom. The van der Waals surface area contributed by atoms with Gasteiger partial charge >= 0.3 is 0 Å². The summed E-state index contributed by atoms with van der Waals surface area (Å²) in [5.74, 6) is 1.52. The van der Waals surface area contributed by atoms with E-state index in [2.05, 4.69) is 81.9 Å². The van der Waals surface area contributed by atoms with Gasteiger partial charge in [0.1, 0.15) is 12.1 Å². The van der Waals surface area contributed by atoms with Gasteiger partial charge in [-0.25, -0.2) is 4.98 Å². The molecule has 0 aliphatic heterocycles. The molecule has 1 N–H and O–H groups in total. The molecule has 2 heterocycles. The minimum absolute atomic E-state index is 0.0154. The van der Waals surface area contributed by atoms with Crippen LogP contribution in [0.2, 0.25) is 0 Å². The van der Waals surface area contributed by atoms with Crippen molar-refractivity contribution < 1.29 is 0 Å². The number of nitrogens with one attached hydrogen (secondary N) is 1. The van der Waals surface area contributed by atoms with Gasteiger partial charge in [-0.2, -0.15) is 14.6 Å². The van der Waals surface area contributed by atoms with Crippen molar-refractivity contribution in [1.82, 2.24) is 19.6 Å². The zero-order valence-corrected chi connectivity index (χ0v) is 14.7. The molecule has 4 rings (SSSR count). The Morgan fingerprint density at radius 2 is 1.62 bits per heavy atom. The van der Waals surface area contributed by atoms with Crippen LogP contribution in [0.4, 0.5) is 5.82 Å². The summed E-state index contributed by atoms with van der Waals surface area (Å²) < 4.78 is 1.76. The van der Waals surface area contributed by atoms with E-state index >= 15 is 0 Å². The number of nitrogens with zero attached hydrogens (tertiary/aromatic N) is 4. The van der Waals surface area contributed by atoms with E-state index in [1.165, 1.54) is 11.1 Å². The van der Waals surface area contributed by atoms with Crippen LogP contribution in [0.5, 0.6) is 0 Å². The normalized spacial score (nSPS) is 11.2. The first-order valence-corrected chi connectivity index (χ1v) is 8.91. The fourth-order valence-corrected chi connectivity index (χ4v) is 3.15. The van der Waals surface area contributed by atoms with Gasteiger partial charge in [0.2, 0.25) is 0 Å². The van der Waals surface area contributed by atoms with E-state index in [4.69, 9.17) is 0 Å². The molecular formula is C21H21N5. The van der Waals surface area contributed by atoms with Gasteiger partial charge in [0, 0.05) is 11.8 Å². The van der Waals surface area contributed by atoms with Crippen LogP contribution in [0.25, 0.3) is 5.78 Å². The van der Waals surface area contributed by atoms with E-state index in [0.29, 0.717) is 5.78 Å². The third kappa shape index (κ3) is 3.28. The fourth-order valence-electron chi connectivity index (χ4n) is 3.15. The molecule has 26 heavy (non-hydrogen) atoms. The molecule has 0 radical (unpaired) electrons. The largest absolute Gasteiger partial charge is 0.359 e. The second-order valence-electron chi connectivity index (χ2n) is 6.25. The monoisotopic (exact) mass is 343 g/mol. The summed E-state index contributed by atoms with van der Waals surface area (Å²) in [7, 11) is 0. The number of hydrogen-bond acceptors (Lipinski definition) is 4. The van der Waals surface area contributed by atoms with Gasteiger partial charge in [-0.3, -0.25) is 0 Å². The minimum Gasteiger partial charge on any atom is -0.359 e. The van der Waals surface area contributed by atoms with Crippen molar-refractivity contribution in [2.75, 3.05) is 5.32 Å². The zero-order valence-electron chi connectivity index (χ0n) is 14.7. The Balaban J connectivity index is 1.79. The van der Waals surface area contributed by atoms with Crippen LogP contribution < -0.4 is 5.32 Å². The smallest absolute Gasteiger partial charge is 0.254 e. The number of benzene rings is 2. The summed E-state index contributed by atoms with van der Waals surface area (Å²) in [5.41, 5.74) is 3.41. The first kappa shape index (κ1) is 16.3. The maximum atomic E-state index is 4.59. The van der Waals surface area contributed by atoms with Gasteiger partial charge in [-0.05, 0) is 17.5 Å². The van der Waals surface area contributed by atoms with Crippen LogP contribution in [-0.2, 0) is 6.42 Å². The highest BCUT2D eigenvalue weighted by molar-refractivity contribution is 5.49. The van der Waals surface area contributed by atoms with Crippen LogP contribution in [0.1, 0.15) is 36.2 Å². The second-order valence-corrected chi connectivity index (χ2v) is 6.25. The van der Waals surface area contributed by atoms with Gasteiger partial charge in [-0.15, -0.1) is 0 Å². The first-order valence-electron chi connectivity index (χ1n) is 8.91. The SMILES string of the molecule is CCCc1cc(NC(c2ccccc2)c2ccccc2)n2ncnc2n1. The first-order chi connectivity index (χ1) is 12.8. The van der Waals surface area contributed by atoms with Crippen molar-refractivity contribution in [2.24, 2.45) is 0 Å². The average molecular weight is 343 g/mol. The zero-order chi connectivity index (χ0) is 17.8. The number of hydrogen-bond donors (Lipinski definition) is 1. The van der Waals surface area contributed by atoms with Crippen molar-refractivity contribution in [3.05, 3.63) is 89.9 Å². The van der Waals surface area contributed by atoms with E-state index in [9.17, 15) is 0 Å². The number of rotatable bonds is 6. The highest BCUT2D eigenvalue weighted by Gasteiger charge is 2.16. The van der Waals surface area contributed by atoms with Gasteiger partial charge in [0.25, 0.3) is 5.78 Å². The molecule has 2 aromatic heterocycles. The maximum absolute atomic E-state index is 4.59. The molecule has 4 aromatic rings. The third-order valence-corrected chi connectivity index (χ3v) is 4.37. The molecule has 130 valence electrons. The van der Waals surface area contributed by atoms with Crippen molar-refractivity contribution in [3.8, 4) is 0 Å². The lowest BCUT2D eigenvalue weighted by atomic mass is 9.99. The minimum atomic E-state index is 0.0154. The lowest BCUT2D eigenvalue weighted by Gasteiger charge is -2.21. The number of fused-ring (bicyclic) bond motifs is 1. The van der Waals surface area contributed by atoms with Crippen LogP contribution >= 0.6 is 0 Å². The molecule has 0 amide bonds. The van der Waals surface area contributed by atoms with E-state index in [1.807, 2.05) is 12.1 Å². The highest BCUT2D eigenvalue weighted by Crippen LogP contribution is 2.27. The molecule has 2 aromatic carbocycles. The molecule has 5 nitrogen and oxygen atoms in total. The predicted octanol–water partition coefficient (Wildman–Crippen LogP) is 4.28. The highest BCUT2D eigenvalue weighted by atomic mass is 15.4. The molecular weight excluding hydrogens is 322 g/mol. The molecule has 0 aliphatic carbocycles. The average Bonchev–Trinajstić information content (AvgIpc) is 3.16. The summed E-state index contributed by atoms with van der Waals surface area (Å²) in [4.78, 5) is 8.86. The summed E-state index contributed by atoms with van der Waals surface area (Å²) in [6.45, 7) is 2.15. The van der Waals surface area contributed by atoms with Crippen molar-refractivity contribution >= 4 is 11.6 Å².